The van der Waals surface area contributed by atoms with E-state index in [0.717, 1.165) is 11.3 Å². The highest BCUT2D eigenvalue weighted by atomic mass is 19.1. The fourth-order valence-electron chi connectivity index (χ4n) is 2.09. The molecule has 3 aromatic rings. The number of aromatic nitrogens is 2. The molecular weight excluding hydrogens is 253 g/mol. The van der Waals surface area contributed by atoms with Crippen molar-refractivity contribution in [1.82, 2.24) is 9.55 Å². The third-order valence-electron chi connectivity index (χ3n) is 3.13. The molecule has 0 atom stereocenters. The Morgan fingerprint density at radius 2 is 1.85 bits per heavy atom. The number of anilines is 2. The summed E-state index contributed by atoms with van der Waals surface area (Å²) in [6.07, 6.45) is 3.53. The van der Waals surface area contributed by atoms with Crippen LogP contribution in [0.1, 0.15) is 5.56 Å². The minimum absolute atomic E-state index is 0.285. The third-order valence-corrected chi connectivity index (χ3v) is 3.13. The van der Waals surface area contributed by atoms with Gasteiger partial charge in [-0.05, 0) is 30.7 Å². The van der Waals surface area contributed by atoms with E-state index in [0.29, 0.717) is 11.6 Å². The molecule has 1 heterocycles. The number of para-hydroxylation sites is 2. The first-order chi connectivity index (χ1) is 9.75. The molecule has 0 aliphatic rings. The molecule has 0 spiro atoms. The van der Waals surface area contributed by atoms with Gasteiger partial charge in [-0.25, -0.2) is 9.37 Å². The molecule has 0 aliphatic carbocycles. The van der Waals surface area contributed by atoms with Crippen LogP contribution in [0.15, 0.2) is 60.9 Å². The molecule has 3 rings (SSSR count). The van der Waals surface area contributed by atoms with Gasteiger partial charge in [0.1, 0.15) is 5.82 Å². The van der Waals surface area contributed by atoms with Crippen LogP contribution in [0, 0.1) is 12.7 Å². The van der Waals surface area contributed by atoms with Gasteiger partial charge >= 0.3 is 0 Å². The molecule has 3 nitrogen and oxygen atoms in total. The summed E-state index contributed by atoms with van der Waals surface area (Å²) in [7, 11) is 0. The number of halogens is 1. The summed E-state index contributed by atoms with van der Waals surface area (Å²) in [4.78, 5) is 4.26. The number of aryl methyl sites for hydroxylation is 1. The van der Waals surface area contributed by atoms with E-state index in [1.807, 2.05) is 54.1 Å². The van der Waals surface area contributed by atoms with E-state index < -0.39 is 0 Å². The number of hydrogen-bond donors (Lipinski definition) is 1. The second kappa shape index (κ2) is 5.17. The van der Waals surface area contributed by atoms with E-state index in [1.165, 1.54) is 6.07 Å². The van der Waals surface area contributed by atoms with E-state index in [9.17, 15) is 4.39 Å². The van der Waals surface area contributed by atoms with Gasteiger partial charge in [-0.2, -0.15) is 0 Å². The van der Waals surface area contributed by atoms with E-state index in [-0.39, 0.29) is 5.82 Å². The highest BCUT2D eigenvalue weighted by Crippen LogP contribution is 2.24. The molecule has 0 radical (unpaired) electrons. The zero-order chi connectivity index (χ0) is 13.9. The first-order valence-corrected chi connectivity index (χ1v) is 6.36. The van der Waals surface area contributed by atoms with Crippen LogP contribution >= 0.6 is 0 Å². The van der Waals surface area contributed by atoms with Crippen molar-refractivity contribution in [2.45, 2.75) is 6.92 Å². The summed E-state index contributed by atoms with van der Waals surface area (Å²) in [6, 6.07) is 14.8. The fraction of sp³-hybridized carbons (Fsp3) is 0.0625. The van der Waals surface area contributed by atoms with Crippen LogP contribution in [-0.4, -0.2) is 9.55 Å². The van der Waals surface area contributed by atoms with Gasteiger partial charge in [0.25, 0.3) is 0 Å². The van der Waals surface area contributed by atoms with Crippen LogP contribution in [0.4, 0.5) is 16.0 Å². The van der Waals surface area contributed by atoms with Crippen molar-refractivity contribution in [2.75, 3.05) is 5.32 Å². The molecule has 20 heavy (non-hydrogen) atoms. The van der Waals surface area contributed by atoms with Gasteiger partial charge in [0, 0.05) is 18.1 Å². The highest BCUT2D eigenvalue weighted by Gasteiger charge is 2.09. The molecular formula is C16H14FN3. The molecule has 0 saturated heterocycles. The molecule has 100 valence electrons. The van der Waals surface area contributed by atoms with Crippen molar-refractivity contribution in [2.24, 2.45) is 0 Å². The average molecular weight is 267 g/mol. The Balaban J connectivity index is 1.99. The van der Waals surface area contributed by atoms with Gasteiger partial charge in [-0.15, -0.1) is 0 Å². The maximum absolute atomic E-state index is 13.9. The molecule has 0 aliphatic heterocycles. The predicted molar refractivity (Wildman–Crippen MR) is 78.0 cm³/mol. The normalized spacial score (nSPS) is 10.5. The Bertz CT molecular complexity index is 699. The summed E-state index contributed by atoms with van der Waals surface area (Å²) in [6.45, 7) is 1.86. The molecule has 1 aromatic heterocycles. The number of nitrogens with zero attached hydrogens (tertiary/aromatic N) is 2. The third kappa shape index (κ3) is 2.28. The van der Waals surface area contributed by atoms with Crippen LogP contribution in [0.2, 0.25) is 0 Å². The van der Waals surface area contributed by atoms with Crippen LogP contribution < -0.4 is 5.32 Å². The smallest absolute Gasteiger partial charge is 0.212 e. The van der Waals surface area contributed by atoms with Crippen LogP contribution in [0.5, 0.6) is 0 Å². The maximum atomic E-state index is 13.9. The summed E-state index contributed by atoms with van der Waals surface area (Å²) in [5.41, 5.74) is 2.27. The van der Waals surface area contributed by atoms with E-state index in [1.54, 1.807) is 12.3 Å². The lowest BCUT2D eigenvalue weighted by Gasteiger charge is -2.12. The van der Waals surface area contributed by atoms with Crippen molar-refractivity contribution < 1.29 is 4.39 Å². The van der Waals surface area contributed by atoms with E-state index >= 15 is 0 Å². The van der Waals surface area contributed by atoms with E-state index in [2.05, 4.69) is 10.3 Å². The largest absolute Gasteiger partial charge is 0.323 e. The van der Waals surface area contributed by atoms with Gasteiger partial charge in [0.15, 0.2) is 0 Å². The Morgan fingerprint density at radius 1 is 1.05 bits per heavy atom. The van der Waals surface area contributed by atoms with Crippen molar-refractivity contribution in [3.05, 3.63) is 72.3 Å². The summed E-state index contributed by atoms with van der Waals surface area (Å²) < 4.78 is 15.8. The first kappa shape index (κ1) is 12.4. The maximum Gasteiger partial charge on any atom is 0.212 e. The molecule has 0 unspecified atom stereocenters. The second-order valence-corrected chi connectivity index (χ2v) is 4.51. The number of hydrogen-bond acceptors (Lipinski definition) is 2. The quantitative estimate of drug-likeness (QED) is 0.775. The second-order valence-electron chi connectivity index (χ2n) is 4.51. The Kier molecular flexibility index (Phi) is 3.21. The molecule has 2 aromatic carbocycles. The standard InChI is InChI=1S/C16H14FN3/c1-12-6-5-9-14(17)15(12)19-16-18-10-11-20(16)13-7-3-2-4-8-13/h2-11H,1H3,(H,18,19). The molecule has 4 heteroatoms. The summed E-state index contributed by atoms with van der Waals surface area (Å²) in [5, 5.41) is 3.06. The summed E-state index contributed by atoms with van der Waals surface area (Å²) in [5.74, 6) is 0.303. The number of rotatable bonds is 3. The van der Waals surface area contributed by atoms with Crippen LogP contribution in [0.3, 0.4) is 0 Å². The molecule has 0 fully saturated rings. The fourth-order valence-corrected chi connectivity index (χ4v) is 2.09. The van der Waals surface area contributed by atoms with Crippen molar-refractivity contribution >= 4 is 11.6 Å². The van der Waals surface area contributed by atoms with E-state index in [4.69, 9.17) is 0 Å². The number of benzene rings is 2. The van der Waals surface area contributed by atoms with Crippen molar-refractivity contribution in [3.63, 3.8) is 0 Å². The molecule has 0 bridgehead atoms. The molecule has 0 saturated carbocycles. The Morgan fingerprint density at radius 3 is 2.60 bits per heavy atom. The minimum atomic E-state index is -0.285. The van der Waals surface area contributed by atoms with Gasteiger partial charge in [-0.3, -0.25) is 4.57 Å². The van der Waals surface area contributed by atoms with Gasteiger partial charge in [-0.1, -0.05) is 30.3 Å². The number of nitrogens with one attached hydrogen (secondary N) is 1. The van der Waals surface area contributed by atoms with Crippen LogP contribution in [0.25, 0.3) is 5.69 Å². The van der Waals surface area contributed by atoms with Gasteiger partial charge in [0.2, 0.25) is 5.95 Å². The lowest BCUT2D eigenvalue weighted by atomic mass is 10.2. The lowest BCUT2D eigenvalue weighted by Crippen LogP contribution is -2.03. The molecule has 0 amide bonds. The zero-order valence-electron chi connectivity index (χ0n) is 11.0. The first-order valence-electron chi connectivity index (χ1n) is 6.36. The lowest BCUT2D eigenvalue weighted by molar-refractivity contribution is 0.630. The number of imidazole rings is 1. The minimum Gasteiger partial charge on any atom is -0.323 e. The van der Waals surface area contributed by atoms with Gasteiger partial charge < -0.3 is 5.32 Å². The molecule has 1 N–H and O–H groups in total. The highest BCUT2D eigenvalue weighted by molar-refractivity contribution is 5.60. The zero-order valence-corrected chi connectivity index (χ0v) is 11.0. The van der Waals surface area contributed by atoms with Crippen molar-refractivity contribution in [1.29, 1.82) is 0 Å². The Hall–Kier alpha value is -2.62. The monoisotopic (exact) mass is 267 g/mol. The SMILES string of the molecule is Cc1cccc(F)c1Nc1nccn1-c1ccccc1. The average Bonchev–Trinajstić information content (AvgIpc) is 2.92. The van der Waals surface area contributed by atoms with Gasteiger partial charge in [0.05, 0.1) is 5.69 Å². The topological polar surface area (TPSA) is 29.9 Å². The predicted octanol–water partition coefficient (Wildman–Crippen LogP) is 4.06. The summed E-state index contributed by atoms with van der Waals surface area (Å²) >= 11 is 0. The van der Waals surface area contributed by atoms with Crippen molar-refractivity contribution in [3.8, 4) is 5.69 Å². The van der Waals surface area contributed by atoms with Crippen LogP contribution in [-0.2, 0) is 0 Å². The Labute approximate surface area is 116 Å².